The van der Waals surface area contributed by atoms with Crippen LogP contribution in [0.15, 0.2) is 24.3 Å². The molecule has 1 heterocycles. The van der Waals surface area contributed by atoms with Gasteiger partial charge in [-0.2, -0.15) is 0 Å². The molecule has 86 valence electrons. The van der Waals surface area contributed by atoms with E-state index >= 15 is 0 Å². The molecule has 0 aliphatic carbocycles. The third kappa shape index (κ3) is 2.20. The lowest BCUT2D eigenvalue weighted by molar-refractivity contribution is -0.141. The molecule has 1 atom stereocenters. The Bertz CT molecular complexity index is 402. The minimum absolute atomic E-state index is 0.195. The molecular formula is C12H14ClNO2. The first-order valence-corrected chi connectivity index (χ1v) is 5.62. The minimum atomic E-state index is -0.764. The maximum atomic E-state index is 11.3. The van der Waals surface area contributed by atoms with Crippen molar-refractivity contribution in [2.45, 2.75) is 5.92 Å². The molecule has 1 aromatic rings. The number of aliphatic carboxylic acids is 1. The number of benzene rings is 1. The highest BCUT2D eigenvalue weighted by Gasteiger charge is 2.36. The number of nitrogens with zero attached hydrogens (tertiary/aromatic N) is 1. The number of rotatable bonds is 3. The van der Waals surface area contributed by atoms with E-state index in [0.717, 1.165) is 18.7 Å². The van der Waals surface area contributed by atoms with Crippen LogP contribution in [-0.2, 0) is 4.79 Å². The highest BCUT2D eigenvalue weighted by atomic mass is 35.5. The zero-order valence-electron chi connectivity index (χ0n) is 9.06. The van der Waals surface area contributed by atoms with Crippen LogP contribution in [0.2, 0.25) is 5.02 Å². The first-order valence-electron chi connectivity index (χ1n) is 5.24. The quantitative estimate of drug-likeness (QED) is 0.878. The summed E-state index contributed by atoms with van der Waals surface area (Å²) in [4.78, 5) is 13.4. The molecule has 0 spiro atoms. The first kappa shape index (κ1) is 11.4. The van der Waals surface area contributed by atoms with Crippen LogP contribution in [0, 0.1) is 5.92 Å². The molecule has 1 saturated heterocycles. The smallest absolute Gasteiger partial charge is 0.311 e. The van der Waals surface area contributed by atoms with Crippen LogP contribution < -0.4 is 0 Å². The van der Waals surface area contributed by atoms with Crippen LogP contribution in [-0.4, -0.2) is 36.1 Å². The summed E-state index contributed by atoms with van der Waals surface area (Å²) < 4.78 is 0. The molecule has 1 aliphatic heterocycles. The Hall–Kier alpha value is -1.06. The fourth-order valence-electron chi connectivity index (χ4n) is 2.27. The molecule has 0 radical (unpaired) electrons. The van der Waals surface area contributed by atoms with Crippen molar-refractivity contribution in [3.63, 3.8) is 0 Å². The van der Waals surface area contributed by atoms with E-state index < -0.39 is 11.9 Å². The summed E-state index contributed by atoms with van der Waals surface area (Å²) in [6.07, 6.45) is 0. The van der Waals surface area contributed by atoms with E-state index in [0.29, 0.717) is 5.02 Å². The van der Waals surface area contributed by atoms with Gasteiger partial charge in [-0.25, -0.2) is 0 Å². The van der Waals surface area contributed by atoms with Crippen LogP contribution in [0.4, 0.5) is 0 Å². The highest BCUT2D eigenvalue weighted by molar-refractivity contribution is 6.30. The normalized spacial score (nSPS) is 19.1. The van der Waals surface area contributed by atoms with Crippen LogP contribution in [0.3, 0.4) is 0 Å². The highest BCUT2D eigenvalue weighted by Crippen LogP contribution is 2.32. The third-order valence-electron chi connectivity index (χ3n) is 3.04. The fraction of sp³-hybridized carbons (Fsp3) is 0.417. The van der Waals surface area contributed by atoms with E-state index in [2.05, 4.69) is 4.90 Å². The average molecular weight is 240 g/mol. The monoisotopic (exact) mass is 239 g/mol. The van der Waals surface area contributed by atoms with Crippen molar-refractivity contribution < 1.29 is 9.90 Å². The number of carboxylic acids is 1. The molecule has 0 aromatic heterocycles. The van der Waals surface area contributed by atoms with Gasteiger partial charge in [0.05, 0.1) is 5.92 Å². The molecule has 4 heteroatoms. The third-order valence-corrected chi connectivity index (χ3v) is 3.27. The summed E-state index contributed by atoms with van der Waals surface area (Å²) >= 11 is 5.88. The van der Waals surface area contributed by atoms with E-state index in [1.54, 1.807) is 18.2 Å². The summed E-state index contributed by atoms with van der Waals surface area (Å²) in [5.41, 5.74) is 0.804. The second-order valence-electron chi connectivity index (χ2n) is 4.35. The fourth-order valence-corrected chi connectivity index (χ4v) is 2.47. The van der Waals surface area contributed by atoms with Gasteiger partial charge in [-0.3, -0.25) is 4.79 Å². The molecular weight excluding hydrogens is 226 g/mol. The zero-order valence-corrected chi connectivity index (χ0v) is 9.81. The lowest BCUT2D eigenvalue weighted by Gasteiger charge is -2.39. The molecule has 2 rings (SSSR count). The van der Waals surface area contributed by atoms with E-state index in [1.165, 1.54) is 0 Å². The number of carbonyl (C=O) groups is 1. The lowest BCUT2D eigenvalue weighted by Crippen LogP contribution is -2.48. The van der Waals surface area contributed by atoms with Gasteiger partial charge in [-0.15, -0.1) is 0 Å². The summed E-state index contributed by atoms with van der Waals surface area (Å²) in [6.45, 7) is 1.67. The van der Waals surface area contributed by atoms with E-state index in [9.17, 15) is 9.90 Å². The van der Waals surface area contributed by atoms with Gasteiger partial charge in [0, 0.05) is 24.0 Å². The first-order chi connectivity index (χ1) is 7.58. The van der Waals surface area contributed by atoms with Gasteiger partial charge in [0.25, 0.3) is 0 Å². The molecule has 3 nitrogen and oxygen atoms in total. The number of likely N-dealkylation sites (tertiary alicyclic amines) is 1. The number of carboxylic acid groups (broad SMARTS) is 1. The second-order valence-corrected chi connectivity index (χ2v) is 4.79. The Kier molecular flexibility index (Phi) is 3.17. The van der Waals surface area contributed by atoms with Crippen molar-refractivity contribution in [3.8, 4) is 0 Å². The van der Waals surface area contributed by atoms with Crippen molar-refractivity contribution >= 4 is 17.6 Å². The molecule has 0 amide bonds. The lowest BCUT2D eigenvalue weighted by atomic mass is 9.81. The van der Waals surface area contributed by atoms with Crippen molar-refractivity contribution in [2.24, 2.45) is 5.92 Å². The van der Waals surface area contributed by atoms with E-state index in [1.807, 2.05) is 13.1 Å². The molecule has 1 N–H and O–H groups in total. The summed E-state index contributed by atoms with van der Waals surface area (Å²) in [5, 5.41) is 9.87. The molecule has 1 aromatic carbocycles. The van der Waals surface area contributed by atoms with E-state index in [-0.39, 0.29) is 5.92 Å². The van der Waals surface area contributed by atoms with Crippen LogP contribution in [0.1, 0.15) is 11.5 Å². The molecule has 0 saturated carbocycles. The topological polar surface area (TPSA) is 40.5 Å². The molecule has 1 fully saturated rings. The predicted octanol–water partition coefficient (Wildman–Crippen LogP) is 2.07. The molecule has 0 bridgehead atoms. The second kappa shape index (κ2) is 4.44. The predicted molar refractivity (Wildman–Crippen MR) is 62.8 cm³/mol. The average Bonchev–Trinajstić information content (AvgIpc) is 2.15. The van der Waals surface area contributed by atoms with Crippen LogP contribution >= 0.6 is 11.6 Å². The SMILES string of the molecule is CN1CC(C(C(=O)O)c2cccc(Cl)c2)C1. The Morgan fingerprint density at radius 2 is 2.25 bits per heavy atom. The summed E-state index contributed by atoms with van der Waals surface area (Å²) in [7, 11) is 1.99. The molecule has 1 aliphatic rings. The van der Waals surface area contributed by atoms with Gasteiger partial charge in [0.15, 0.2) is 0 Å². The Balaban J connectivity index is 2.23. The maximum absolute atomic E-state index is 11.3. The van der Waals surface area contributed by atoms with Crippen LogP contribution in [0.25, 0.3) is 0 Å². The van der Waals surface area contributed by atoms with Gasteiger partial charge in [0.1, 0.15) is 0 Å². The Morgan fingerprint density at radius 3 is 2.75 bits per heavy atom. The van der Waals surface area contributed by atoms with Gasteiger partial charge in [-0.05, 0) is 24.7 Å². The van der Waals surface area contributed by atoms with Crippen molar-refractivity contribution in [1.82, 2.24) is 4.90 Å². The Labute approximate surface area is 99.6 Å². The van der Waals surface area contributed by atoms with Crippen molar-refractivity contribution in [3.05, 3.63) is 34.9 Å². The standard InChI is InChI=1S/C12H14ClNO2/c1-14-6-9(7-14)11(12(15)16)8-3-2-4-10(13)5-8/h2-5,9,11H,6-7H2,1H3,(H,15,16). The van der Waals surface area contributed by atoms with E-state index in [4.69, 9.17) is 11.6 Å². The number of hydrogen-bond acceptors (Lipinski definition) is 2. The summed E-state index contributed by atoms with van der Waals surface area (Å²) in [5.74, 6) is -1.00. The number of halogens is 1. The van der Waals surface area contributed by atoms with Crippen LogP contribution in [0.5, 0.6) is 0 Å². The maximum Gasteiger partial charge on any atom is 0.311 e. The minimum Gasteiger partial charge on any atom is -0.481 e. The van der Waals surface area contributed by atoms with Gasteiger partial charge < -0.3 is 10.0 Å². The molecule has 1 unspecified atom stereocenters. The zero-order chi connectivity index (χ0) is 11.7. The molecule has 16 heavy (non-hydrogen) atoms. The van der Waals surface area contributed by atoms with Crippen molar-refractivity contribution in [1.29, 1.82) is 0 Å². The van der Waals surface area contributed by atoms with Gasteiger partial charge in [0.2, 0.25) is 0 Å². The largest absolute Gasteiger partial charge is 0.481 e. The van der Waals surface area contributed by atoms with Crippen molar-refractivity contribution in [2.75, 3.05) is 20.1 Å². The summed E-state index contributed by atoms with van der Waals surface area (Å²) in [6, 6.07) is 7.15. The van der Waals surface area contributed by atoms with Gasteiger partial charge in [-0.1, -0.05) is 23.7 Å². The Morgan fingerprint density at radius 1 is 1.56 bits per heavy atom. The number of hydrogen-bond donors (Lipinski definition) is 1. The van der Waals surface area contributed by atoms with Gasteiger partial charge >= 0.3 is 5.97 Å².